The molecular weight excluding hydrogens is 284 g/mol. The van der Waals surface area contributed by atoms with E-state index in [1.54, 1.807) is 25.3 Å². The van der Waals surface area contributed by atoms with Gasteiger partial charge in [0.2, 0.25) is 11.8 Å². The quantitative estimate of drug-likeness (QED) is 0.788. The highest BCUT2D eigenvalue weighted by Gasteiger charge is 2.56. The summed E-state index contributed by atoms with van der Waals surface area (Å²) in [5.41, 5.74) is -0.464. The molecule has 2 rings (SSSR count). The van der Waals surface area contributed by atoms with Gasteiger partial charge in [-0.1, -0.05) is 0 Å². The summed E-state index contributed by atoms with van der Waals surface area (Å²) in [5.74, 6) is 0.598. The molecule has 0 bridgehead atoms. The number of benzene rings is 1. The van der Waals surface area contributed by atoms with E-state index in [-0.39, 0.29) is 17.9 Å². The first-order chi connectivity index (χ1) is 10.4. The molecule has 0 spiro atoms. The van der Waals surface area contributed by atoms with Crippen molar-refractivity contribution < 1.29 is 19.1 Å². The molecule has 1 aromatic rings. The zero-order valence-corrected chi connectivity index (χ0v) is 13.4. The lowest BCUT2D eigenvalue weighted by molar-refractivity contribution is -0.134. The number of nitrogens with one attached hydrogen (secondary N) is 2. The van der Waals surface area contributed by atoms with Crippen LogP contribution in [0.25, 0.3) is 0 Å². The topological polar surface area (TPSA) is 76.7 Å². The van der Waals surface area contributed by atoms with Crippen molar-refractivity contribution in [2.75, 3.05) is 19.5 Å². The molecule has 6 nitrogen and oxygen atoms in total. The number of rotatable bonds is 6. The lowest BCUT2D eigenvalue weighted by atomic mass is 10.0. The maximum absolute atomic E-state index is 12.5. The van der Waals surface area contributed by atoms with Gasteiger partial charge in [-0.25, -0.2) is 0 Å². The Morgan fingerprint density at radius 3 is 2.32 bits per heavy atom. The highest BCUT2D eigenvalue weighted by molar-refractivity contribution is 6.13. The molecule has 0 unspecified atom stereocenters. The first-order valence-electron chi connectivity index (χ1n) is 7.27. The highest BCUT2D eigenvalue weighted by Crippen LogP contribution is 2.47. The molecule has 1 fully saturated rings. The minimum Gasteiger partial charge on any atom is -0.497 e. The molecule has 0 aromatic heterocycles. The van der Waals surface area contributed by atoms with Crippen molar-refractivity contribution in [2.24, 2.45) is 5.41 Å². The predicted octanol–water partition coefficient (Wildman–Crippen LogP) is 1.95. The highest BCUT2D eigenvalue weighted by atomic mass is 16.5. The molecule has 22 heavy (non-hydrogen) atoms. The Morgan fingerprint density at radius 2 is 1.82 bits per heavy atom. The summed E-state index contributed by atoms with van der Waals surface area (Å²) in [6.07, 6.45) is 1.12. The lowest BCUT2D eigenvalue weighted by Crippen LogP contribution is -2.42. The van der Waals surface area contributed by atoms with Crippen LogP contribution in [0.2, 0.25) is 0 Å². The Bertz CT molecular complexity index is 580. The van der Waals surface area contributed by atoms with E-state index >= 15 is 0 Å². The second kappa shape index (κ2) is 6.25. The number of methoxy groups -OCH3 is 2. The van der Waals surface area contributed by atoms with Crippen molar-refractivity contribution in [3.05, 3.63) is 18.2 Å². The summed E-state index contributed by atoms with van der Waals surface area (Å²) in [6.45, 7) is 3.74. The van der Waals surface area contributed by atoms with Crippen LogP contribution in [0.1, 0.15) is 26.7 Å². The fourth-order valence-electron chi connectivity index (χ4n) is 2.24. The van der Waals surface area contributed by atoms with Gasteiger partial charge in [0.05, 0.1) is 19.9 Å². The van der Waals surface area contributed by atoms with Crippen LogP contribution in [-0.2, 0) is 9.59 Å². The maximum atomic E-state index is 12.5. The van der Waals surface area contributed by atoms with Crippen LogP contribution in [0, 0.1) is 5.41 Å². The van der Waals surface area contributed by atoms with Crippen molar-refractivity contribution >= 4 is 17.5 Å². The Labute approximate surface area is 130 Å². The molecule has 0 aliphatic heterocycles. The fraction of sp³-hybridized carbons (Fsp3) is 0.500. The first-order valence-corrected chi connectivity index (χ1v) is 7.27. The van der Waals surface area contributed by atoms with Crippen LogP contribution >= 0.6 is 0 Å². The van der Waals surface area contributed by atoms with E-state index in [0.29, 0.717) is 30.0 Å². The predicted molar refractivity (Wildman–Crippen MR) is 83.1 cm³/mol. The van der Waals surface area contributed by atoms with Gasteiger partial charge < -0.3 is 20.1 Å². The lowest BCUT2D eigenvalue weighted by Gasteiger charge is -2.18. The van der Waals surface area contributed by atoms with Crippen LogP contribution in [-0.4, -0.2) is 32.1 Å². The number of anilines is 1. The average Bonchev–Trinajstić information content (AvgIpc) is 3.28. The van der Waals surface area contributed by atoms with Gasteiger partial charge in [0, 0.05) is 12.1 Å². The summed E-state index contributed by atoms with van der Waals surface area (Å²) in [6, 6.07) is 5.13. The smallest absolute Gasteiger partial charge is 0.240 e. The molecule has 0 heterocycles. The van der Waals surface area contributed by atoms with Crippen LogP contribution in [0.3, 0.4) is 0 Å². The minimum absolute atomic E-state index is 0.00382. The van der Waals surface area contributed by atoms with E-state index in [9.17, 15) is 9.59 Å². The van der Waals surface area contributed by atoms with E-state index < -0.39 is 5.41 Å². The van der Waals surface area contributed by atoms with Crippen LogP contribution in [0.15, 0.2) is 18.2 Å². The van der Waals surface area contributed by atoms with Gasteiger partial charge in [-0.3, -0.25) is 9.59 Å². The number of hydrogen-bond donors (Lipinski definition) is 2. The minimum atomic E-state index is -0.960. The van der Waals surface area contributed by atoms with Crippen molar-refractivity contribution in [3.63, 3.8) is 0 Å². The maximum Gasteiger partial charge on any atom is 0.240 e. The standard InChI is InChI=1S/C16H22N2O4/c1-10(2)17-14(19)16(7-8-16)15(20)18-12-9-11(21-3)5-6-13(12)22-4/h5-6,9-10H,7-8H2,1-4H3,(H,17,19)(H,18,20). The van der Waals surface area contributed by atoms with Gasteiger partial charge in [-0.05, 0) is 38.8 Å². The molecule has 1 aliphatic rings. The van der Waals surface area contributed by atoms with Crippen molar-refractivity contribution in [3.8, 4) is 11.5 Å². The zero-order valence-electron chi connectivity index (χ0n) is 13.4. The third-order valence-electron chi connectivity index (χ3n) is 3.69. The molecule has 0 radical (unpaired) electrons. The molecule has 0 atom stereocenters. The molecule has 1 aromatic carbocycles. The van der Waals surface area contributed by atoms with Crippen molar-refractivity contribution in [2.45, 2.75) is 32.7 Å². The molecule has 120 valence electrons. The summed E-state index contributed by atoms with van der Waals surface area (Å²) >= 11 is 0. The molecule has 6 heteroatoms. The van der Waals surface area contributed by atoms with E-state index in [4.69, 9.17) is 9.47 Å². The van der Waals surface area contributed by atoms with E-state index in [1.807, 2.05) is 13.8 Å². The number of ether oxygens (including phenoxy) is 2. The molecule has 2 amide bonds. The van der Waals surface area contributed by atoms with E-state index in [0.717, 1.165) is 0 Å². The molecular formula is C16H22N2O4. The normalized spacial score (nSPS) is 15.1. The SMILES string of the molecule is COc1ccc(OC)c(NC(=O)C2(C(=O)NC(C)C)CC2)c1. The van der Waals surface area contributed by atoms with Crippen LogP contribution in [0.4, 0.5) is 5.69 Å². The number of hydrogen-bond acceptors (Lipinski definition) is 4. The third kappa shape index (κ3) is 3.16. The van der Waals surface area contributed by atoms with Gasteiger partial charge in [-0.2, -0.15) is 0 Å². The van der Waals surface area contributed by atoms with Gasteiger partial charge in [0.25, 0.3) is 0 Å². The van der Waals surface area contributed by atoms with Gasteiger partial charge >= 0.3 is 0 Å². The summed E-state index contributed by atoms with van der Waals surface area (Å²) in [4.78, 5) is 24.7. The monoisotopic (exact) mass is 306 g/mol. The van der Waals surface area contributed by atoms with Crippen LogP contribution in [0.5, 0.6) is 11.5 Å². The second-order valence-corrected chi connectivity index (χ2v) is 5.73. The Kier molecular flexibility index (Phi) is 4.59. The number of carbonyl (C=O) groups excluding carboxylic acids is 2. The summed E-state index contributed by atoms with van der Waals surface area (Å²) < 4.78 is 10.4. The van der Waals surface area contributed by atoms with Gasteiger partial charge in [0.1, 0.15) is 16.9 Å². The molecule has 1 saturated carbocycles. The summed E-state index contributed by atoms with van der Waals surface area (Å²) in [5, 5.41) is 5.60. The Morgan fingerprint density at radius 1 is 1.14 bits per heavy atom. The first kappa shape index (κ1) is 16.1. The van der Waals surface area contributed by atoms with E-state index in [1.165, 1.54) is 7.11 Å². The van der Waals surface area contributed by atoms with Crippen molar-refractivity contribution in [1.29, 1.82) is 0 Å². The fourth-order valence-corrected chi connectivity index (χ4v) is 2.24. The summed E-state index contributed by atoms with van der Waals surface area (Å²) in [7, 11) is 3.07. The average molecular weight is 306 g/mol. The molecule has 2 N–H and O–H groups in total. The van der Waals surface area contributed by atoms with Crippen molar-refractivity contribution in [1.82, 2.24) is 5.32 Å². The second-order valence-electron chi connectivity index (χ2n) is 5.73. The Hall–Kier alpha value is -2.24. The molecule has 0 saturated heterocycles. The molecule has 1 aliphatic carbocycles. The zero-order chi connectivity index (χ0) is 16.3. The van der Waals surface area contributed by atoms with Gasteiger partial charge in [-0.15, -0.1) is 0 Å². The largest absolute Gasteiger partial charge is 0.497 e. The van der Waals surface area contributed by atoms with E-state index in [2.05, 4.69) is 10.6 Å². The Balaban J connectivity index is 2.17. The number of amides is 2. The van der Waals surface area contributed by atoms with Crippen LogP contribution < -0.4 is 20.1 Å². The third-order valence-corrected chi connectivity index (χ3v) is 3.69. The number of carbonyl (C=O) groups is 2. The van der Waals surface area contributed by atoms with Gasteiger partial charge in [0.15, 0.2) is 0 Å².